The molecule has 1 saturated carbocycles. The summed E-state index contributed by atoms with van der Waals surface area (Å²) in [5.74, 6) is -0.686. The lowest BCUT2D eigenvalue weighted by Gasteiger charge is -2.36. The fourth-order valence-electron chi connectivity index (χ4n) is 4.25. The van der Waals surface area contributed by atoms with Gasteiger partial charge in [0.1, 0.15) is 6.10 Å². The van der Waals surface area contributed by atoms with E-state index < -0.39 is 24.5 Å². The number of rotatable bonds is 7. The number of hydrogen-bond donors (Lipinski definition) is 1. The number of carbonyl (C=O) groups is 3. The molecule has 6 nitrogen and oxygen atoms in total. The molecule has 2 aromatic rings. The zero-order valence-corrected chi connectivity index (χ0v) is 19.9. The number of halogens is 1. The Kier molecular flexibility index (Phi) is 8.50. The Bertz CT molecular complexity index is 1010. The van der Waals surface area contributed by atoms with Crippen molar-refractivity contribution in [3.8, 4) is 0 Å². The Balaban J connectivity index is 1.65. The molecule has 3 rings (SSSR count). The summed E-state index contributed by atoms with van der Waals surface area (Å²) in [5.41, 5.74) is 0.623. The minimum absolute atomic E-state index is 0.0676. The van der Waals surface area contributed by atoms with Crippen molar-refractivity contribution < 1.29 is 23.9 Å². The first-order valence-electron chi connectivity index (χ1n) is 11.3. The van der Waals surface area contributed by atoms with Crippen LogP contribution in [-0.4, -0.2) is 30.6 Å². The van der Waals surface area contributed by atoms with Crippen LogP contribution in [0, 0.1) is 17.8 Å². The number of nitrogens with one attached hydrogen (secondary N) is 1. The van der Waals surface area contributed by atoms with Crippen LogP contribution >= 0.6 is 11.6 Å². The highest BCUT2D eigenvalue weighted by molar-refractivity contribution is 6.33. The summed E-state index contributed by atoms with van der Waals surface area (Å²) in [5, 5.41) is 2.97. The average Bonchev–Trinajstić information content (AvgIpc) is 2.79. The Hall–Kier alpha value is -2.86. The van der Waals surface area contributed by atoms with E-state index in [1.807, 2.05) is 0 Å². The third kappa shape index (κ3) is 6.57. The van der Waals surface area contributed by atoms with Crippen LogP contribution in [0.4, 0.5) is 5.69 Å². The Morgan fingerprint density at radius 3 is 2.30 bits per heavy atom. The molecule has 7 heteroatoms. The molecular weight excluding hydrogens is 442 g/mol. The number of ether oxygens (including phenoxy) is 2. The number of carbonyl (C=O) groups excluding carboxylic acids is 3. The van der Waals surface area contributed by atoms with E-state index in [4.69, 9.17) is 21.1 Å². The van der Waals surface area contributed by atoms with Gasteiger partial charge in [0, 0.05) is 0 Å². The second-order valence-electron chi connectivity index (χ2n) is 8.92. The smallest absolute Gasteiger partial charge is 0.339 e. The molecule has 176 valence electrons. The quantitative estimate of drug-likeness (QED) is 0.519. The van der Waals surface area contributed by atoms with Crippen molar-refractivity contribution >= 4 is 35.1 Å². The molecule has 1 fully saturated rings. The molecule has 0 aromatic heterocycles. The highest BCUT2D eigenvalue weighted by Crippen LogP contribution is 2.36. The van der Waals surface area contributed by atoms with Crippen molar-refractivity contribution in [3.63, 3.8) is 0 Å². The number of esters is 2. The maximum Gasteiger partial charge on any atom is 0.339 e. The predicted molar refractivity (Wildman–Crippen MR) is 127 cm³/mol. The molecule has 0 aliphatic heterocycles. The minimum atomic E-state index is -0.769. The van der Waals surface area contributed by atoms with E-state index in [1.165, 1.54) is 6.07 Å². The molecule has 1 aliphatic rings. The molecule has 0 heterocycles. The van der Waals surface area contributed by atoms with Gasteiger partial charge in [0.25, 0.3) is 5.91 Å². The number of para-hydroxylation sites is 1. The monoisotopic (exact) mass is 471 g/mol. The van der Waals surface area contributed by atoms with Crippen molar-refractivity contribution in [2.45, 2.75) is 46.1 Å². The van der Waals surface area contributed by atoms with Crippen molar-refractivity contribution in [3.05, 3.63) is 64.7 Å². The number of benzene rings is 2. The second-order valence-corrected chi connectivity index (χ2v) is 9.33. The van der Waals surface area contributed by atoms with Gasteiger partial charge in [-0.2, -0.15) is 0 Å². The first kappa shape index (κ1) is 24.8. The van der Waals surface area contributed by atoms with Crippen LogP contribution < -0.4 is 5.32 Å². The Labute approximate surface area is 199 Å². The molecule has 0 saturated heterocycles. The molecular formula is C26H30ClNO5. The largest absolute Gasteiger partial charge is 0.458 e. The predicted octanol–water partition coefficient (Wildman–Crippen LogP) is 5.75. The van der Waals surface area contributed by atoms with Crippen molar-refractivity contribution in [2.24, 2.45) is 17.8 Å². The molecule has 1 amide bonds. The number of hydrogen-bond acceptors (Lipinski definition) is 5. The average molecular weight is 472 g/mol. The van der Waals surface area contributed by atoms with E-state index >= 15 is 0 Å². The fraction of sp³-hybridized carbons (Fsp3) is 0.423. The summed E-state index contributed by atoms with van der Waals surface area (Å²) >= 11 is 6.03. The maximum absolute atomic E-state index is 13.0. The lowest BCUT2D eigenvalue weighted by atomic mass is 9.75. The van der Waals surface area contributed by atoms with E-state index in [0.717, 1.165) is 19.3 Å². The highest BCUT2D eigenvalue weighted by atomic mass is 35.5. The summed E-state index contributed by atoms with van der Waals surface area (Å²) in [6.45, 7) is 5.93. The lowest BCUT2D eigenvalue weighted by Crippen LogP contribution is -2.36. The van der Waals surface area contributed by atoms with Crippen LogP contribution in [-0.2, 0) is 14.3 Å². The minimum Gasteiger partial charge on any atom is -0.458 e. The van der Waals surface area contributed by atoms with Gasteiger partial charge in [0.05, 0.1) is 21.8 Å². The van der Waals surface area contributed by atoms with Gasteiger partial charge in [-0.05, 0) is 54.9 Å². The maximum atomic E-state index is 13.0. The first-order valence-corrected chi connectivity index (χ1v) is 11.7. The Morgan fingerprint density at radius 1 is 1.00 bits per heavy atom. The molecule has 0 radical (unpaired) electrons. The van der Waals surface area contributed by atoms with E-state index in [1.54, 1.807) is 42.5 Å². The molecule has 0 spiro atoms. The van der Waals surface area contributed by atoms with Gasteiger partial charge >= 0.3 is 11.9 Å². The van der Waals surface area contributed by atoms with Gasteiger partial charge in [-0.15, -0.1) is 0 Å². The SMILES string of the molecule is CC(C)[C@H]1CC[C@@H](C)C[C@H]1OC(=O)c1ccccc1C(=O)OCC(=O)Nc1ccccc1Cl. The number of amides is 1. The summed E-state index contributed by atoms with van der Waals surface area (Å²) in [4.78, 5) is 37.9. The highest BCUT2D eigenvalue weighted by Gasteiger charge is 2.34. The van der Waals surface area contributed by atoms with E-state index in [-0.39, 0.29) is 23.1 Å². The van der Waals surface area contributed by atoms with Crippen LogP contribution in [0.15, 0.2) is 48.5 Å². The van der Waals surface area contributed by atoms with Crippen molar-refractivity contribution in [1.82, 2.24) is 0 Å². The molecule has 1 aliphatic carbocycles. The lowest BCUT2D eigenvalue weighted by molar-refractivity contribution is -0.119. The van der Waals surface area contributed by atoms with E-state index in [0.29, 0.717) is 22.5 Å². The van der Waals surface area contributed by atoms with Crippen LogP contribution in [0.1, 0.15) is 60.7 Å². The first-order chi connectivity index (χ1) is 15.8. The van der Waals surface area contributed by atoms with Crippen LogP contribution in [0.3, 0.4) is 0 Å². The zero-order valence-electron chi connectivity index (χ0n) is 19.2. The van der Waals surface area contributed by atoms with Crippen molar-refractivity contribution in [1.29, 1.82) is 0 Å². The summed E-state index contributed by atoms with van der Waals surface area (Å²) in [6.07, 6.45) is 2.76. The standard InChI is InChI=1S/C26H30ClNO5/c1-16(2)18-13-12-17(3)14-23(18)33-26(31)20-9-5-4-8-19(20)25(30)32-15-24(29)28-22-11-7-6-10-21(22)27/h4-11,16-18,23H,12-15H2,1-3H3,(H,28,29)/t17-,18-,23-/m1/s1. The molecule has 1 N–H and O–H groups in total. The fourth-order valence-corrected chi connectivity index (χ4v) is 4.43. The van der Waals surface area contributed by atoms with Gasteiger partial charge in [-0.3, -0.25) is 4.79 Å². The van der Waals surface area contributed by atoms with Crippen LogP contribution in [0.5, 0.6) is 0 Å². The van der Waals surface area contributed by atoms with E-state index in [9.17, 15) is 14.4 Å². The van der Waals surface area contributed by atoms with Crippen LogP contribution in [0.25, 0.3) is 0 Å². The summed E-state index contributed by atoms with van der Waals surface area (Å²) < 4.78 is 11.0. The van der Waals surface area contributed by atoms with E-state index in [2.05, 4.69) is 26.1 Å². The summed E-state index contributed by atoms with van der Waals surface area (Å²) in [7, 11) is 0. The van der Waals surface area contributed by atoms with Gasteiger partial charge < -0.3 is 14.8 Å². The van der Waals surface area contributed by atoms with Gasteiger partial charge in [-0.25, -0.2) is 9.59 Å². The van der Waals surface area contributed by atoms with Gasteiger partial charge in [-0.1, -0.05) is 63.1 Å². The summed E-state index contributed by atoms with van der Waals surface area (Å²) in [6, 6.07) is 13.1. The number of anilines is 1. The molecule has 0 unspecified atom stereocenters. The third-order valence-corrected chi connectivity index (χ3v) is 6.40. The normalized spacial score (nSPS) is 20.2. The van der Waals surface area contributed by atoms with Crippen molar-refractivity contribution in [2.75, 3.05) is 11.9 Å². The molecule has 33 heavy (non-hydrogen) atoms. The zero-order chi connectivity index (χ0) is 24.0. The molecule has 0 bridgehead atoms. The van der Waals surface area contributed by atoms with Crippen LogP contribution in [0.2, 0.25) is 5.02 Å². The van der Waals surface area contributed by atoms with Gasteiger partial charge in [0.2, 0.25) is 0 Å². The molecule has 2 aromatic carbocycles. The van der Waals surface area contributed by atoms with Gasteiger partial charge in [0.15, 0.2) is 6.61 Å². The Morgan fingerprint density at radius 2 is 1.64 bits per heavy atom. The topological polar surface area (TPSA) is 81.7 Å². The second kappa shape index (κ2) is 11.3. The third-order valence-electron chi connectivity index (χ3n) is 6.07. The molecule has 3 atom stereocenters.